The van der Waals surface area contributed by atoms with Gasteiger partial charge in [0.05, 0.1) is 0 Å². The molecule has 0 saturated carbocycles. The normalized spacial score (nSPS) is 11.4. The highest BCUT2D eigenvalue weighted by Gasteiger charge is 2.19. The lowest BCUT2D eigenvalue weighted by Crippen LogP contribution is -2.10. The molecule has 0 spiro atoms. The number of nitrogens with zero attached hydrogens (tertiary/aromatic N) is 1. The highest BCUT2D eigenvalue weighted by Crippen LogP contribution is 2.46. The Labute approximate surface area is 379 Å². The van der Waals surface area contributed by atoms with Gasteiger partial charge in [-0.1, -0.05) is 212 Å². The van der Waals surface area contributed by atoms with Crippen LogP contribution >= 0.6 is 0 Å². The van der Waals surface area contributed by atoms with Gasteiger partial charge in [-0.3, -0.25) is 0 Å². The highest BCUT2D eigenvalue weighted by atomic mass is 15.1. The van der Waals surface area contributed by atoms with E-state index < -0.39 is 0 Å². The van der Waals surface area contributed by atoms with Crippen LogP contribution in [-0.2, 0) is 0 Å². The lowest BCUT2D eigenvalue weighted by molar-refractivity contribution is 1.28. The van der Waals surface area contributed by atoms with Gasteiger partial charge in [0.1, 0.15) is 0 Å². The zero-order valence-electron chi connectivity index (χ0n) is 35.8. The molecule has 0 amide bonds. The molecule has 0 N–H and O–H groups in total. The first-order chi connectivity index (χ1) is 32.2. The van der Waals surface area contributed by atoms with E-state index in [0.29, 0.717) is 0 Å². The van der Waals surface area contributed by atoms with Crippen molar-refractivity contribution in [3.05, 3.63) is 261 Å². The van der Waals surface area contributed by atoms with Crippen LogP contribution in [0.2, 0.25) is 0 Å². The van der Waals surface area contributed by atoms with Crippen molar-refractivity contribution in [1.29, 1.82) is 0 Å². The molecular formula is C64H43N. The van der Waals surface area contributed by atoms with Gasteiger partial charge in [0.25, 0.3) is 0 Å². The summed E-state index contributed by atoms with van der Waals surface area (Å²) in [6.07, 6.45) is 0. The quantitative estimate of drug-likeness (QED) is 0.138. The molecule has 12 aromatic carbocycles. The maximum Gasteiger partial charge on any atom is 0.0467 e. The summed E-state index contributed by atoms with van der Waals surface area (Å²) in [7, 11) is 0. The Morgan fingerprint density at radius 1 is 0.200 bits per heavy atom. The zero-order valence-corrected chi connectivity index (χ0v) is 35.8. The summed E-state index contributed by atoms with van der Waals surface area (Å²) in [6.45, 7) is 0. The first-order valence-electron chi connectivity index (χ1n) is 22.4. The summed E-state index contributed by atoms with van der Waals surface area (Å²) in [6, 6.07) is 95.3. The van der Waals surface area contributed by atoms with E-state index >= 15 is 0 Å². The Balaban J connectivity index is 1.01. The maximum atomic E-state index is 2.41. The third-order valence-corrected chi connectivity index (χ3v) is 13.0. The molecule has 0 atom stereocenters. The van der Waals surface area contributed by atoms with E-state index in [1.165, 1.54) is 93.2 Å². The van der Waals surface area contributed by atoms with E-state index in [4.69, 9.17) is 0 Å². The van der Waals surface area contributed by atoms with Crippen LogP contribution < -0.4 is 4.90 Å². The number of rotatable bonds is 8. The van der Waals surface area contributed by atoms with Gasteiger partial charge in [-0.25, -0.2) is 0 Å². The van der Waals surface area contributed by atoms with E-state index in [1.54, 1.807) is 0 Å². The van der Waals surface area contributed by atoms with Gasteiger partial charge in [-0.05, 0) is 147 Å². The monoisotopic (exact) mass is 825 g/mol. The van der Waals surface area contributed by atoms with Crippen molar-refractivity contribution in [2.75, 3.05) is 4.90 Å². The van der Waals surface area contributed by atoms with Crippen LogP contribution in [0.3, 0.4) is 0 Å². The van der Waals surface area contributed by atoms with Crippen LogP contribution in [0, 0.1) is 0 Å². The van der Waals surface area contributed by atoms with Crippen molar-refractivity contribution >= 4 is 60.2 Å². The Bertz CT molecular complexity index is 3680. The van der Waals surface area contributed by atoms with Crippen LogP contribution in [-0.4, -0.2) is 0 Å². The number of fused-ring (bicyclic) bond motifs is 5. The van der Waals surface area contributed by atoms with Crippen LogP contribution in [0.15, 0.2) is 261 Å². The fourth-order valence-electron chi connectivity index (χ4n) is 9.89. The molecule has 0 unspecified atom stereocenters. The second-order valence-electron chi connectivity index (χ2n) is 16.9. The van der Waals surface area contributed by atoms with Gasteiger partial charge in [0, 0.05) is 17.1 Å². The molecule has 1 heteroatoms. The molecule has 0 aromatic heterocycles. The predicted molar refractivity (Wildman–Crippen MR) is 278 cm³/mol. The second-order valence-corrected chi connectivity index (χ2v) is 16.9. The average molecular weight is 826 g/mol. The minimum atomic E-state index is 1.09. The second kappa shape index (κ2) is 16.3. The van der Waals surface area contributed by atoms with Crippen molar-refractivity contribution < 1.29 is 0 Å². The van der Waals surface area contributed by atoms with Gasteiger partial charge in [-0.15, -0.1) is 0 Å². The van der Waals surface area contributed by atoms with E-state index in [2.05, 4.69) is 266 Å². The van der Waals surface area contributed by atoms with Gasteiger partial charge in [0.2, 0.25) is 0 Å². The predicted octanol–water partition coefficient (Wildman–Crippen LogP) is 18.1. The molecule has 0 saturated heterocycles. The van der Waals surface area contributed by atoms with E-state index in [1.807, 2.05) is 0 Å². The lowest BCUT2D eigenvalue weighted by atomic mass is 9.84. The Morgan fingerprint density at radius 2 is 0.677 bits per heavy atom. The van der Waals surface area contributed by atoms with Crippen molar-refractivity contribution in [1.82, 2.24) is 0 Å². The third kappa shape index (κ3) is 7.01. The molecule has 0 aliphatic carbocycles. The Hall–Kier alpha value is -8.52. The van der Waals surface area contributed by atoms with Crippen molar-refractivity contribution in [3.8, 4) is 55.6 Å². The van der Waals surface area contributed by atoms with Gasteiger partial charge in [-0.2, -0.15) is 0 Å². The molecule has 0 heterocycles. The number of hydrogen-bond acceptors (Lipinski definition) is 1. The molecule has 0 aliphatic heterocycles. The van der Waals surface area contributed by atoms with Crippen LogP contribution in [0.4, 0.5) is 17.1 Å². The van der Waals surface area contributed by atoms with Crippen LogP contribution in [0.25, 0.3) is 98.7 Å². The van der Waals surface area contributed by atoms with Crippen LogP contribution in [0.1, 0.15) is 0 Å². The summed E-state index contributed by atoms with van der Waals surface area (Å²) in [5.74, 6) is 0. The first-order valence-corrected chi connectivity index (χ1v) is 22.4. The summed E-state index contributed by atoms with van der Waals surface area (Å²) in [4.78, 5) is 2.39. The summed E-state index contributed by atoms with van der Waals surface area (Å²) in [5, 5.41) is 9.99. The Morgan fingerprint density at radius 3 is 1.40 bits per heavy atom. The third-order valence-electron chi connectivity index (χ3n) is 13.0. The van der Waals surface area contributed by atoms with Gasteiger partial charge < -0.3 is 4.90 Å². The standard InChI is InChI=1S/C64H43N/c1-3-17-48(18-4-1)63-61-27-12-11-26-59(61)60-40-35-53(43-62(60)64(63)49-19-5-2-6-20-49)51-23-13-24-56(42-51)65(54-36-31-45(32-37-54)52-30-29-44-15-7-8-21-50(44)41-52)55-38-33-47(34-39-55)58-28-14-22-46-16-9-10-25-57(46)58/h1-43H. The van der Waals surface area contributed by atoms with E-state index in [-0.39, 0.29) is 0 Å². The highest BCUT2D eigenvalue weighted by molar-refractivity contribution is 6.22. The SMILES string of the molecule is c1ccc(-c2c(-c3ccccc3)c3cc(-c4cccc(N(c5ccc(-c6ccc7ccccc7c6)cc5)c5ccc(-c6cccc7ccccc67)cc5)c4)ccc3c3ccccc23)cc1. The zero-order chi connectivity index (χ0) is 43.1. The Kier molecular flexibility index (Phi) is 9.58. The molecule has 0 radical (unpaired) electrons. The van der Waals surface area contributed by atoms with Crippen LogP contribution in [0.5, 0.6) is 0 Å². The summed E-state index contributed by atoms with van der Waals surface area (Å²) < 4.78 is 0. The molecular weight excluding hydrogens is 783 g/mol. The van der Waals surface area contributed by atoms with Crippen molar-refractivity contribution in [2.45, 2.75) is 0 Å². The molecule has 0 fully saturated rings. The first kappa shape index (κ1) is 38.2. The fourth-order valence-corrected chi connectivity index (χ4v) is 9.89. The largest absolute Gasteiger partial charge is 0.310 e. The number of anilines is 3. The molecule has 65 heavy (non-hydrogen) atoms. The van der Waals surface area contributed by atoms with Crippen molar-refractivity contribution in [3.63, 3.8) is 0 Å². The molecule has 0 aliphatic rings. The maximum absolute atomic E-state index is 2.41. The number of hydrogen-bond donors (Lipinski definition) is 0. The summed E-state index contributed by atoms with van der Waals surface area (Å²) in [5.41, 5.74) is 15.4. The average Bonchev–Trinajstić information content (AvgIpc) is 3.39. The topological polar surface area (TPSA) is 3.24 Å². The number of benzene rings is 12. The molecule has 12 aromatic rings. The van der Waals surface area contributed by atoms with E-state index in [9.17, 15) is 0 Å². The smallest absolute Gasteiger partial charge is 0.0467 e. The minimum absolute atomic E-state index is 1.09. The van der Waals surface area contributed by atoms with Crippen molar-refractivity contribution in [2.24, 2.45) is 0 Å². The fraction of sp³-hybridized carbons (Fsp3) is 0. The summed E-state index contributed by atoms with van der Waals surface area (Å²) >= 11 is 0. The lowest BCUT2D eigenvalue weighted by Gasteiger charge is -2.26. The van der Waals surface area contributed by atoms with Gasteiger partial charge in [0.15, 0.2) is 0 Å². The molecule has 0 bridgehead atoms. The minimum Gasteiger partial charge on any atom is -0.310 e. The van der Waals surface area contributed by atoms with Gasteiger partial charge >= 0.3 is 0 Å². The van der Waals surface area contributed by atoms with E-state index in [0.717, 1.165) is 22.6 Å². The molecule has 304 valence electrons. The molecule has 12 rings (SSSR count). The molecule has 1 nitrogen and oxygen atoms in total.